The van der Waals surface area contributed by atoms with Gasteiger partial charge in [0, 0.05) is 19.0 Å². The van der Waals surface area contributed by atoms with Gasteiger partial charge in [0.2, 0.25) is 5.91 Å². The molecule has 1 amide bonds. The van der Waals surface area contributed by atoms with Crippen LogP contribution in [0.4, 0.5) is 0 Å². The number of carbonyl (C=O) groups is 1. The SMILES string of the molecule is CCCCCCCCNC(=O)C(C)CNCC. The number of hydrogen-bond acceptors (Lipinski definition) is 2. The highest BCUT2D eigenvalue weighted by atomic mass is 16.1. The fourth-order valence-corrected chi connectivity index (χ4v) is 1.74. The molecule has 3 heteroatoms. The zero-order valence-corrected chi connectivity index (χ0v) is 11.8. The lowest BCUT2D eigenvalue weighted by molar-refractivity contribution is -0.124. The van der Waals surface area contributed by atoms with E-state index in [2.05, 4.69) is 24.5 Å². The number of rotatable bonds is 11. The molecule has 0 aliphatic carbocycles. The first-order valence-corrected chi connectivity index (χ1v) is 7.20. The largest absolute Gasteiger partial charge is 0.356 e. The fourth-order valence-electron chi connectivity index (χ4n) is 1.74. The third-order valence-electron chi connectivity index (χ3n) is 2.98. The Hall–Kier alpha value is -0.570. The summed E-state index contributed by atoms with van der Waals surface area (Å²) < 4.78 is 0. The lowest BCUT2D eigenvalue weighted by atomic mass is 10.1. The van der Waals surface area contributed by atoms with Crippen LogP contribution in [-0.4, -0.2) is 25.5 Å². The maximum Gasteiger partial charge on any atom is 0.224 e. The number of hydrogen-bond donors (Lipinski definition) is 2. The Morgan fingerprint density at radius 3 is 2.35 bits per heavy atom. The van der Waals surface area contributed by atoms with Crippen LogP contribution in [0.5, 0.6) is 0 Å². The van der Waals surface area contributed by atoms with Gasteiger partial charge in [0.1, 0.15) is 0 Å². The molecule has 0 rings (SSSR count). The minimum atomic E-state index is 0.0787. The van der Waals surface area contributed by atoms with Gasteiger partial charge in [0.25, 0.3) is 0 Å². The maximum atomic E-state index is 11.6. The van der Waals surface area contributed by atoms with E-state index in [-0.39, 0.29) is 11.8 Å². The van der Waals surface area contributed by atoms with Crippen LogP contribution in [0.15, 0.2) is 0 Å². The van der Waals surface area contributed by atoms with Gasteiger partial charge >= 0.3 is 0 Å². The summed E-state index contributed by atoms with van der Waals surface area (Å²) in [4.78, 5) is 11.6. The summed E-state index contributed by atoms with van der Waals surface area (Å²) in [7, 11) is 0. The summed E-state index contributed by atoms with van der Waals surface area (Å²) in [6.45, 7) is 8.79. The summed E-state index contributed by atoms with van der Waals surface area (Å²) in [6, 6.07) is 0. The number of nitrogens with one attached hydrogen (secondary N) is 2. The van der Waals surface area contributed by atoms with Crippen molar-refractivity contribution in [2.75, 3.05) is 19.6 Å². The molecule has 0 radical (unpaired) electrons. The smallest absolute Gasteiger partial charge is 0.224 e. The van der Waals surface area contributed by atoms with E-state index in [1.165, 1.54) is 32.1 Å². The maximum absolute atomic E-state index is 11.6. The number of unbranched alkanes of at least 4 members (excludes halogenated alkanes) is 5. The molecule has 0 aromatic rings. The molecular formula is C14H30N2O. The van der Waals surface area contributed by atoms with E-state index in [9.17, 15) is 4.79 Å². The van der Waals surface area contributed by atoms with Crippen LogP contribution in [0, 0.1) is 5.92 Å². The van der Waals surface area contributed by atoms with E-state index in [0.717, 1.165) is 26.1 Å². The first-order chi connectivity index (χ1) is 8.22. The monoisotopic (exact) mass is 242 g/mol. The van der Waals surface area contributed by atoms with Crippen LogP contribution >= 0.6 is 0 Å². The molecule has 102 valence electrons. The van der Waals surface area contributed by atoms with Crippen molar-refractivity contribution in [2.24, 2.45) is 5.92 Å². The van der Waals surface area contributed by atoms with Gasteiger partial charge in [-0.05, 0) is 13.0 Å². The molecule has 1 unspecified atom stereocenters. The molecule has 0 saturated carbocycles. The second-order valence-electron chi connectivity index (χ2n) is 4.77. The highest BCUT2D eigenvalue weighted by Gasteiger charge is 2.10. The zero-order valence-electron chi connectivity index (χ0n) is 11.8. The molecule has 0 aromatic heterocycles. The third kappa shape index (κ3) is 10.3. The van der Waals surface area contributed by atoms with Crippen molar-refractivity contribution in [2.45, 2.75) is 59.3 Å². The second-order valence-corrected chi connectivity index (χ2v) is 4.77. The van der Waals surface area contributed by atoms with Gasteiger partial charge in [-0.15, -0.1) is 0 Å². The van der Waals surface area contributed by atoms with E-state index in [0.29, 0.717) is 0 Å². The Bertz CT molecular complexity index is 183. The van der Waals surface area contributed by atoms with Gasteiger partial charge in [-0.25, -0.2) is 0 Å². The van der Waals surface area contributed by atoms with E-state index >= 15 is 0 Å². The van der Waals surface area contributed by atoms with Crippen LogP contribution in [0.25, 0.3) is 0 Å². The Balaban J connectivity index is 3.32. The number of amides is 1. The van der Waals surface area contributed by atoms with Crippen LogP contribution in [0.3, 0.4) is 0 Å². The molecule has 2 N–H and O–H groups in total. The Labute approximate surface area is 107 Å². The molecule has 0 aliphatic heterocycles. The van der Waals surface area contributed by atoms with Gasteiger partial charge in [0.15, 0.2) is 0 Å². The average molecular weight is 242 g/mol. The number of carbonyl (C=O) groups excluding carboxylic acids is 1. The zero-order chi connectivity index (χ0) is 12.9. The Morgan fingerprint density at radius 2 is 1.71 bits per heavy atom. The molecule has 0 saturated heterocycles. The van der Waals surface area contributed by atoms with Crippen molar-refractivity contribution < 1.29 is 4.79 Å². The quantitative estimate of drug-likeness (QED) is 0.547. The van der Waals surface area contributed by atoms with Crippen molar-refractivity contribution in [1.82, 2.24) is 10.6 Å². The summed E-state index contributed by atoms with van der Waals surface area (Å²) >= 11 is 0. The summed E-state index contributed by atoms with van der Waals surface area (Å²) in [5.41, 5.74) is 0. The van der Waals surface area contributed by atoms with E-state index in [4.69, 9.17) is 0 Å². The second kappa shape index (κ2) is 11.9. The van der Waals surface area contributed by atoms with Crippen molar-refractivity contribution in [3.63, 3.8) is 0 Å². The highest BCUT2D eigenvalue weighted by molar-refractivity contribution is 5.78. The highest BCUT2D eigenvalue weighted by Crippen LogP contribution is 2.04. The first kappa shape index (κ1) is 16.4. The van der Waals surface area contributed by atoms with Crippen molar-refractivity contribution in [3.8, 4) is 0 Å². The molecule has 0 spiro atoms. The minimum Gasteiger partial charge on any atom is -0.356 e. The first-order valence-electron chi connectivity index (χ1n) is 7.20. The standard InChI is InChI=1S/C14H30N2O/c1-4-6-7-8-9-10-11-16-14(17)13(3)12-15-5-2/h13,15H,4-12H2,1-3H3,(H,16,17). The summed E-state index contributed by atoms with van der Waals surface area (Å²) in [5.74, 6) is 0.259. The predicted octanol–water partition coefficient (Wildman–Crippen LogP) is 2.71. The van der Waals surface area contributed by atoms with Crippen LogP contribution in [-0.2, 0) is 4.79 Å². The van der Waals surface area contributed by atoms with Gasteiger partial charge in [-0.3, -0.25) is 4.79 Å². The van der Waals surface area contributed by atoms with Crippen LogP contribution in [0.1, 0.15) is 59.3 Å². The summed E-state index contributed by atoms with van der Waals surface area (Å²) in [6.07, 6.45) is 7.62. The molecule has 0 bridgehead atoms. The van der Waals surface area contributed by atoms with E-state index in [1.807, 2.05) is 6.92 Å². The Morgan fingerprint density at radius 1 is 1.06 bits per heavy atom. The molecule has 17 heavy (non-hydrogen) atoms. The minimum absolute atomic E-state index is 0.0787. The van der Waals surface area contributed by atoms with E-state index in [1.54, 1.807) is 0 Å². The van der Waals surface area contributed by atoms with Gasteiger partial charge in [-0.2, -0.15) is 0 Å². The van der Waals surface area contributed by atoms with Crippen molar-refractivity contribution >= 4 is 5.91 Å². The molecule has 0 fully saturated rings. The predicted molar refractivity (Wildman–Crippen MR) is 74.1 cm³/mol. The molecule has 1 atom stereocenters. The normalized spacial score (nSPS) is 12.4. The van der Waals surface area contributed by atoms with Crippen LogP contribution < -0.4 is 10.6 Å². The third-order valence-corrected chi connectivity index (χ3v) is 2.98. The molecule has 3 nitrogen and oxygen atoms in total. The average Bonchev–Trinajstić information content (AvgIpc) is 2.34. The molecule has 0 aromatic carbocycles. The van der Waals surface area contributed by atoms with Crippen molar-refractivity contribution in [1.29, 1.82) is 0 Å². The lowest BCUT2D eigenvalue weighted by Gasteiger charge is -2.12. The van der Waals surface area contributed by atoms with Crippen molar-refractivity contribution in [3.05, 3.63) is 0 Å². The van der Waals surface area contributed by atoms with Gasteiger partial charge < -0.3 is 10.6 Å². The summed E-state index contributed by atoms with van der Waals surface area (Å²) in [5, 5.41) is 6.20. The molecule has 0 aliphatic rings. The van der Waals surface area contributed by atoms with Gasteiger partial charge in [-0.1, -0.05) is 52.9 Å². The molecule has 0 heterocycles. The topological polar surface area (TPSA) is 41.1 Å². The lowest BCUT2D eigenvalue weighted by Crippen LogP contribution is -2.35. The van der Waals surface area contributed by atoms with Crippen LogP contribution in [0.2, 0.25) is 0 Å². The Kier molecular flexibility index (Phi) is 11.5. The van der Waals surface area contributed by atoms with Gasteiger partial charge in [0.05, 0.1) is 0 Å². The fraction of sp³-hybridized carbons (Fsp3) is 0.929. The molecular weight excluding hydrogens is 212 g/mol. The van der Waals surface area contributed by atoms with E-state index < -0.39 is 0 Å².